The van der Waals surface area contributed by atoms with E-state index in [1.54, 1.807) is 6.92 Å². The first-order valence-corrected chi connectivity index (χ1v) is 5.12. The van der Waals surface area contributed by atoms with E-state index in [4.69, 9.17) is 0 Å². The van der Waals surface area contributed by atoms with Crippen LogP contribution in [0.1, 0.15) is 26.7 Å². The van der Waals surface area contributed by atoms with Gasteiger partial charge < -0.3 is 0 Å². The van der Waals surface area contributed by atoms with Gasteiger partial charge in [0.05, 0.1) is 5.25 Å². The molecule has 0 fully saturated rings. The van der Waals surface area contributed by atoms with Crippen LogP contribution in [0, 0.1) is 0 Å². The Bertz CT molecular complexity index is 158. The van der Waals surface area contributed by atoms with E-state index >= 15 is 0 Å². The normalized spacial score (nSPS) is 15.4. The first-order valence-electron chi connectivity index (χ1n) is 3.17. The topological polar surface area (TPSA) is 34.1 Å². The van der Waals surface area contributed by atoms with Gasteiger partial charge in [0.15, 0.2) is 0 Å². The van der Waals surface area contributed by atoms with Gasteiger partial charge in [0, 0.05) is 6.26 Å². The molecule has 0 saturated carbocycles. The average molecular weight is 150 g/mol. The second-order valence-electron chi connectivity index (χ2n) is 2.43. The molecule has 0 amide bonds. The molecule has 0 heterocycles. The standard InChI is InChI=1S/C6H14O2S/c1-4-5-6(2)9(3,7)8/h6H,4-5H2,1-3H3/t6-/m1/s1. The van der Waals surface area contributed by atoms with Crippen molar-refractivity contribution in [1.29, 1.82) is 0 Å². The zero-order valence-corrected chi connectivity index (χ0v) is 7.03. The third kappa shape index (κ3) is 3.51. The van der Waals surface area contributed by atoms with E-state index in [0.29, 0.717) is 0 Å². The van der Waals surface area contributed by atoms with Crippen molar-refractivity contribution in [3.8, 4) is 0 Å². The van der Waals surface area contributed by atoms with Crippen molar-refractivity contribution in [2.75, 3.05) is 6.26 Å². The van der Waals surface area contributed by atoms with E-state index in [-0.39, 0.29) is 5.25 Å². The second kappa shape index (κ2) is 3.20. The highest BCUT2D eigenvalue weighted by atomic mass is 32.2. The van der Waals surface area contributed by atoms with E-state index in [0.717, 1.165) is 12.8 Å². The molecule has 0 spiro atoms. The molecule has 2 nitrogen and oxygen atoms in total. The maximum atomic E-state index is 10.7. The van der Waals surface area contributed by atoms with Crippen molar-refractivity contribution in [3.05, 3.63) is 0 Å². The summed E-state index contributed by atoms with van der Waals surface area (Å²) in [6.07, 6.45) is 3.00. The minimum atomic E-state index is -2.76. The molecule has 0 saturated heterocycles. The molecule has 0 unspecified atom stereocenters. The first-order chi connectivity index (χ1) is 3.98. The highest BCUT2D eigenvalue weighted by Gasteiger charge is 2.12. The van der Waals surface area contributed by atoms with Crippen LogP contribution in [0.25, 0.3) is 0 Å². The summed E-state index contributed by atoms with van der Waals surface area (Å²) in [5.41, 5.74) is 0. The minimum absolute atomic E-state index is 0.164. The molecule has 0 rings (SSSR count). The number of sulfone groups is 1. The van der Waals surface area contributed by atoms with Crippen LogP contribution < -0.4 is 0 Å². The Labute approximate surface area is 57.2 Å². The van der Waals surface area contributed by atoms with Crippen molar-refractivity contribution in [1.82, 2.24) is 0 Å². The van der Waals surface area contributed by atoms with E-state index in [2.05, 4.69) is 0 Å². The molecular formula is C6H14O2S. The molecule has 3 heteroatoms. The summed E-state index contributed by atoms with van der Waals surface area (Å²) in [5.74, 6) is 0. The van der Waals surface area contributed by atoms with Gasteiger partial charge in [-0.1, -0.05) is 13.3 Å². The van der Waals surface area contributed by atoms with Gasteiger partial charge in [0.1, 0.15) is 9.84 Å². The molecule has 0 bridgehead atoms. The summed E-state index contributed by atoms with van der Waals surface area (Å²) in [5, 5.41) is -0.164. The van der Waals surface area contributed by atoms with E-state index in [1.165, 1.54) is 6.26 Å². The first kappa shape index (κ1) is 8.95. The van der Waals surface area contributed by atoms with Crippen molar-refractivity contribution in [2.24, 2.45) is 0 Å². The number of rotatable bonds is 3. The Kier molecular flexibility index (Phi) is 3.18. The van der Waals surface area contributed by atoms with E-state index in [9.17, 15) is 8.42 Å². The van der Waals surface area contributed by atoms with Crippen LogP contribution in [0.4, 0.5) is 0 Å². The molecule has 0 radical (unpaired) electrons. The summed E-state index contributed by atoms with van der Waals surface area (Å²) in [7, 11) is -2.76. The molecule has 0 N–H and O–H groups in total. The van der Waals surface area contributed by atoms with Crippen LogP contribution >= 0.6 is 0 Å². The maximum absolute atomic E-state index is 10.7. The summed E-state index contributed by atoms with van der Waals surface area (Å²) < 4.78 is 21.4. The number of hydrogen-bond acceptors (Lipinski definition) is 2. The lowest BCUT2D eigenvalue weighted by atomic mass is 10.3. The molecule has 1 atom stereocenters. The predicted octanol–water partition coefficient (Wildman–Crippen LogP) is 1.22. The van der Waals surface area contributed by atoms with Gasteiger partial charge in [0.2, 0.25) is 0 Å². The van der Waals surface area contributed by atoms with Crippen molar-refractivity contribution >= 4 is 9.84 Å². The van der Waals surface area contributed by atoms with Crippen LogP contribution in [-0.2, 0) is 9.84 Å². The quantitative estimate of drug-likeness (QED) is 0.606. The Morgan fingerprint density at radius 3 is 2.00 bits per heavy atom. The summed E-state index contributed by atoms with van der Waals surface area (Å²) in [6, 6.07) is 0. The Morgan fingerprint density at radius 2 is 1.89 bits per heavy atom. The fraction of sp³-hybridized carbons (Fsp3) is 1.00. The SMILES string of the molecule is CCC[C@@H](C)S(C)(=O)=O. The fourth-order valence-corrected chi connectivity index (χ4v) is 1.28. The van der Waals surface area contributed by atoms with E-state index < -0.39 is 9.84 Å². The summed E-state index contributed by atoms with van der Waals surface area (Å²) in [4.78, 5) is 0. The van der Waals surface area contributed by atoms with Crippen LogP contribution in [0.3, 0.4) is 0 Å². The second-order valence-corrected chi connectivity index (χ2v) is 4.89. The lowest BCUT2D eigenvalue weighted by molar-refractivity contribution is 0.582. The van der Waals surface area contributed by atoms with Gasteiger partial charge >= 0.3 is 0 Å². The van der Waals surface area contributed by atoms with Crippen LogP contribution in [-0.4, -0.2) is 19.9 Å². The predicted molar refractivity (Wildman–Crippen MR) is 39.2 cm³/mol. The van der Waals surface area contributed by atoms with Crippen molar-refractivity contribution in [2.45, 2.75) is 31.9 Å². The molecule has 9 heavy (non-hydrogen) atoms. The fourth-order valence-electron chi connectivity index (χ4n) is 0.621. The highest BCUT2D eigenvalue weighted by Crippen LogP contribution is 2.04. The largest absolute Gasteiger partial charge is 0.229 e. The van der Waals surface area contributed by atoms with Gasteiger partial charge in [-0.2, -0.15) is 0 Å². The zero-order valence-electron chi connectivity index (χ0n) is 6.22. The zero-order chi connectivity index (χ0) is 7.49. The highest BCUT2D eigenvalue weighted by molar-refractivity contribution is 7.91. The van der Waals surface area contributed by atoms with E-state index in [1.807, 2.05) is 6.92 Å². The minimum Gasteiger partial charge on any atom is -0.229 e. The molecule has 56 valence electrons. The van der Waals surface area contributed by atoms with Crippen LogP contribution in [0.2, 0.25) is 0 Å². The molecule has 0 aliphatic carbocycles. The maximum Gasteiger partial charge on any atom is 0.150 e. The van der Waals surface area contributed by atoms with Crippen LogP contribution in [0.5, 0.6) is 0 Å². The van der Waals surface area contributed by atoms with Gasteiger partial charge in [-0.05, 0) is 13.3 Å². The Morgan fingerprint density at radius 1 is 1.44 bits per heavy atom. The van der Waals surface area contributed by atoms with Gasteiger partial charge in [-0.15, -0.1) is 0 Å². The van der Waals surface area contributed by atoms with Gasteiger partial charge in [0.25, 0.3) is 0 Å². The lowest BCUT2D eigenvalue weighted by Crippen LogP contribution is -2.14. The average Bonchev–Trinajstić information content (AvgIpc) is 1.64. The monoisotopic (exact) mass is 150 g/mol. The third-order valence-corrected chi connectivity index (χ3v) is 3.12. The Balaban J connectivity index is 3.90. The van der Waals surface area contributed by atoms with Crippen molar-refractivity contribution in [3.63, 3.8) is 0 Å². The van der Waals surface area contributed by atoms with Gasteiger partial charge in [-0.25, -0.2) is 8.42 Å². The van der Waals surface area contributed by atoms with Crippen molar-refractivity contribution < 1.29 is 8.42 Å². The summed E-state index contributed by atoms with van der Waals surface area (Å²) in [6.45, 7) is 3.74. The summed E-state index contributed by atoms with van der Waals surface area (Å²) >= 11 is 0. The molecule has 0 aromatic heterocycles. The molecule has 0 aliphatic rings. The lowest BCUT2D eigenvalue weighted by Gasteiger charge is -2.05. The smallest absolute Gasteiger partial charge is 0.150 e. The molecule has 0 aliphatic heterocycles. The third-order valence-electron chi connectivity index (χ3n) is 1.43. The molecule has 0 aromatic carbocycles. The molecular weight excluding hydrogens is 136 g/mol. The number of hydrogen-bond donors (Lipinski definition) is 0. The van der Waals surface area contributed by atoms with Crippen LogP contribution in [0.15, 0.2) is 0 Å². The Hall–Kier alpha value is -0.0500. The van der Waals surface area contributed by atoms with Gasteiger partial charge in [-0.3, -0.25) is 0 Å². The molecule has 0 aromatic rings.